The van der Waals surface area contributed by atoms with E-state index in [0.717, 1.165) is 30.9 Å². The van der Waals surface area contributed by atoms with E-state index in [9.17, 15) is 35.1 Å². The third-order valence-corrected chi connectivity index (χ3v) is 6.47. The Morgan fingerprint density at radius 3 is 2.08 bits per heavy atom. The van der Waals surface area contributed by atoms with Crippen LogP contribution in [0.1, 0.15) is 63.0 Å². The Labute approximate surface area is 215 Å². The molecule has 0 N–H and O–H groups in total. The van der Waals surface area contributed by atoms with Gasteiger partial charge in [0, 0.05) is 12.1 Å². The SMILES string of the molecule is CCCC1CCC(/C=C/CCc2cc(F)c(C(F)(F)Oc3cc(F)c(OC=C(F)F)c(F)c3)c(F)c2)CC1. The number of aryl methyl sites for hydroxylation is 1. The van der Waals surface area contributed by atoms with E-state index in [1.165, 1.54) is 25.7 Å². The van der Waals surface area contributed by atoms with Crippen LogP contribution in [0.25, 0.3) is 0 Å². The summed E-state index contributed by atoms with van der Waals surface area (Å²) in [6.45, 7) is 2.18. The molecule has 0 heterocycles. The lowest BCUT2D eigenvalue weighted by Gasteiger charge is -2.26. The molecule has 0 spiro atoms. The molecule has 0 bridgehead atoms. The fourth-order valence-electron chi connectivity index (χ4n) is 4.67. The quantitative estimate of drug-likeness (QED) is 0.158. The summed E-state index contributed by atoms with van der Waals surface area (Å²) in [7, 11) is 0. The normalized spacial score (nSPS) is 18.0. The van der Waals surface area contributed by atoms with Gasteiger partial charge in [0.2, 0.25) is 0 Å². The number of ether oxygens (including phenoxy) is 2. The third-order valence-electron chi connectivity index (χ3n) is 6.47. The maximum atomic E-state index is 14.6. The highest BCUT2D eigenvalue weighted by Crippen LogP contribution is 2.38. The van der Waals surface area contributed by atoms with E-state index in [-0.39, 0.29) is 30.4 Å². The molecular weight excluding hydrogens is 520 g/mol. The number of halogens is 8. The summed E-state index contributed by atoms with van der Waals surface area (Å²) in [5, 5.41) is 0. The number of allylic oxidation sites excluding steroid dienone is 2. The lowest BCUT2D eigenvalue weighted by atomic mass is 9.80. The molecule has 0 saturated heterocycles. The smallest absolute Gasteiger partial charge is 0.432 e. The van der Waals surface area contributed by atoms with Gasteiger partial charge in [-0.1, -0.05) is 31.9 Å². The van der Waals surface area contributed by atoms with E-state index in [1.807, 2.05) is 6.08 Å². The van der Waals surface area contributed by atoms with Crippen molar-refractivity contribution in [1.82, 2.24) is 0 Å². The van der Waals surface area contributed by atoms with Gasteiger partial charge in [-0.25, -0.2) is 17.6 Å². The van der Waals surface area contributed by atoms with Gasteiger partial charge in [0.1, 0.15) is 22.9 Å². The van der Waals surface area contributed by atoms with Gasteiger partial charge in [-0.15, -0.1) is 0 Å². The minimum Gasteiger partial charge on any atom is -0.453 e. The molecule has 1 aliphatic carbocycles. The van der Waals surface area contributed by atoms with Crippen molar-refractivity contribution in [3.63, 3.8) is 0 Å². The van der Waals surface area contributed by atoms with Crippen LogP contribution in [0.4, 0.5) is 35.1 Å². The van der Waals surface area contributed by atoms with E-state index in [4.69, 9.17) is 0 Å². The van der Waals surface area contributed by atoms with Crippen LogP contribution in [0.3, 0.4) is 0 Å². The van der Waals surface area contributed by atoms with Gasteiger partial charge in [0.15, 0.2) is 23.6 Å². The fourth-order valence-corrected chi connectivity index (χ4v) is 4.67. The van der Waals surface area contributed by atoms with Crippen molar-refractivity contribution in [3.8, 4) is 11.5 Å². The van der Waals surface area contributed by atoms with Crippen molar-refractivity contribution in [2.75, 3.05) is 0 Å². The van der Waals surface area contributed by atoms with E-state index >= 15 is 0 Å². The summed E-state index contributed by atoms with van der Waals surface area (Å²) in [6.07, 6.45) is 4.42. The summed E-state index contributed by atoms with van der Waals surface area (Å²) in [6, 6.07) is 1.94. The summed E-state index contributed by atoms with van der Waals surface area (Å²) in [5.41, 5.74) is -1.58. The first kappa shape index (κ1) is 29.5. The largest absolute Gasteiger partial charge is 0.453 e. The molecule has 2 aromatic rings. The zero-order chi connectivity index (χ0) is 27.9. The second kappa shape index (κ2) is 13.2. The van der Waals surface area contributed by atoms with Gasteiger partial charge >= 0.3 is 12.2 Å². The highest BCUT2D eigenvalue weighted by molar-refractivity contribution is 5.37. The molecule has 0 radical (unpaired) electrons. The summed E-state index contributed by atoms with van der Waals surface area (Å²) >= 11 is 0. The number of benzene rings is 2. The predicted molar refractivity (Wildman–Crippen MR) is 126 cm³/mol. The molecule has 0 aromatic heterocycles. The standard InChI is InChI=1S/C28H28F8O2/c1-2-5-17-8-10-18(11-9-17)6-3-4-7-19-12-21(29)26(22(30)13-19)28(35,36)38-20-14-23(31)27(24(32)15-20)37-16-25(33)34/h3,6,12-18H,2,4-5,7-11H2,1H3/b6-3+. The van der Waals surface area contributed by atoms with Crippen LogP contribution in [0.2, 0.25) is 0 Å². The molecule has 0 atom stereocenters. The Bertz CT molecular complexity index is 1100. The molecule has 2 nitrogen and oxygen atoms in total. The first-order chi connectivity index (χ1) is 18.0. The Balaban J connectivity index is 1.64. The zero-order valence-electron chi connectivity index (χ0n) is 20.7. The second-order valence-corrected chi connectivity index (χ2v) is 9.33. The number of alkyl halides is 2. The van der Waals surface area contributed by atoms with Gasteiger partial charge in [-0.3, -0.25) is 0 Å². The van der Waals surface area contributed by atoms with Crippen molar-refractivity contribution in [1.29, 1.82) is 0 Å². The lowest BCUT2D eigenvalue weighted by Crippen LogP contribution is -2.25. The Hall–Kier alpha value is -3.04. The molecular formula is C28H28F8O2. The van der Waals surface area contributed by atoms with E-state index < -0.39 is 52.5 Å². The average Bonchev–Trinajstić information content (AvgIpc) is 2.81. The van der Waals surface area contributed by atoms with Crippen LogP contribution in [-0.4, -0.2) is 0 Å². The van der Waals surface area contributed by atoms with E-state index in [0.29, 0.717) is 12.3 Å². The first-order valence-electron chi connectivity index (χ1n) is 12.4. The highest BCUT2D eigenvalue weighted by atomic mass is 19.3. The number of hydrogen-bond donors (Lipinski definition) is 0. The van der Waals surface area contributed by atoms with Crippen molar-refractivity contribution in [2.45, 2.75) is 64.4 Å². The van der Waals surface area contributed by atoms with Crippen molar-refractivity contribution < 1.29 is 44.6 Å². The molecule has 0 aliphatic heterocycles. The van der Waals surface area contributed by atoms with Crippen LogP contribution < -0.4 is 9.47 Å². The minimum atomic E-state index is -4.64. The lowest BCUT2D eigenvalue weighted by molar-refractivity contribution is -0.189. The molecule has 1 saturated carbocycles. The summed E-state index contributed by atoms with van der Waals surface area (Å²) in [5.74, 6) is -7.67. The van der Waals surface area contributed by atoms with Crippen LogP contribution in [0, 0.1) is 35.1 Å². The van der Waals surface area contributed by atoms with Crippen molar-refractivity contribution >= 4 is 0 Å². The predicted octanol–water partition coefficient (Wildman–Crippen LogP) is 9.58. The molecule has 208 valence electrons. The molecule has 1 aliphatic rings. The van der Waals surface area contributed by atoms with Crippen LogP contribution in [0.5, 0.6) is 11.5 Å². The fraction of sp³-hybridized carbons (Fsp3) is 0.429. The zero-order valence-corrected chi connectivity index (χ0v) is 20.7. The Morgan fingerprint density at radius 1 is 0.921 bits per heavy atom. The maximum Gasteiger partial charge on any atom is 0.432 e. The summed E-state index contributed by atoms with van der Waals surface area (Å²) < 4.78 is 119. The molecule has 1 fully saturated rings. The van der Waals surface area contributed by atoms with E-state index in [1.54, 1.807) is 0 Å². The van der Waals surface area contributed by atoms with Gasteiger partial charge in [-0.2, -0.15) is 17.6 Å². The third kappa shape index (κ3) is 7.98. The molecule has 38 heavy (non-hydrogen) atoms. The first-order valence-corrected chi connectivity index (χ1v) is 12.4. The van der Waals surface area contributed by atoms with Gasteiger partial charge in [-0.05, 0) is 68.1 Å². The molecule has 0 amide bonds. The van der Waals surface area contributed by atoms with E-state index in [2.05, 4.69) is 22.5 Å². The summed E-state index contributed by atoms with van der Waals surface area (Å²) in [4.78, 5) is 0. The monoisotopic (exact) mass is 548 g/mol. The van der Waals surface area contributed by atoms with Crippen LogP contribution in [0.15, 0.2) is 48.8 Å². The van der Waals surface area contributed by atoms with Crippen molar-refractivity contribution in [2.24, 2.45) is 11.8 Å². The van der Waals surface area contributed by atoms with Crippen molar-refractivity contribution in [3.05, 3.63) is 83.2 Å². The maximum absolute atomic E-state index is 14.6. The highest BCUT2D eigenvalue weighted by Gasteiger charge is 2.41. The Kier molecular flexibility index (Phi) is 10.2. The molecule has 2 aromatic carbocycles. The van der Waals surface area contributed by atoms with Crippen LogP contribution >= 0.6 is 0 Å². The Morgan fingerprint density at radius 2 is 1.53 bits per heavy atom. The average molecular weight is 549 g/mol. The van der Waals surface area contributed by atoms with Gasteiger partial charge in [0.25, 0.3) is 0 Å². The number of hydrogen-bond acceptors (Lipinski definition) is 2. The van der Waals surface area contributed by atoms with Gasteiger partial charge < -0.3 is 9.47 Å². The topological polar surface area (TPSA) is 18.5 Å². The molecule has 3 rings (SSSR count). The molecule has 0 unspecified atom stereocenters. The minimum absolute atomic E-state index is 0.155. The molecule has 10 heteroatoms. The van der Waals surface area contributed by atoms with Crippen LogP contribution in [-0.2, 0) is 12.5 Å². The van der Waals surface area contributed by atoms with Gasteiger partial charge in [0.05, 0.1) is 0 Å². The number of rotatable bonds is 11. The second-order valence-electron chi connectivity index (χ2n) is 9.33.